The molecule has 4 rings (SSSR count). The Balaban J connectivity index is 1.53. The number of oxime groups is 1. The van der Waals surface area contributed by atoms with E-state index in [-0.39, 0.29) is 17.1 Å². The van der Waals surface area contributed by atoms with Crippen LogP contribution in [0, 0.1) is 0 Å². The first-order valence-electron chi connectivity index (χ1n) is 10.2. The summed E-state index contributed by atoms with van der Waals surface area (Å²) in [7, 11) is -0.998. The average Bonchev–Trinajstić information content (AvgIpc) is 3.30. The van der Waals surface area contributed by atoms with E-state index in [9.17, 15) is 9.00 Å². The van der Waals surface area contributed by atoms with Crippen molar-refractivity contribution in [3.63, 3.8) is 0 Å². The molecule has 0 radical (unpaired) electrons. The second kappa shape index (κ2) is 9.84. The first-order chi connectivity index (χ1) is 15.0. The van der Waals surface area contributed by atoms with Gasteiger partial charge >= 0.3 is 0 Å². The summed E-state index contributed by atoms with van der Waals surface area (Å²) in [6.45, 7) is 5.09. The summed E-state index contributed by atoms with van der Waals surface area (Å²) < 4.78 is 17.7. The van der Waals surface area contributed by atoms with Crippen LogP contribution >= 0.6 is 11.3 Å². The molecule has 1 unspecified atom stereocenters. The lowest BCUT2D eigenvalue weighted by molar-refractivity contribution is -0.110. The molecule has 0 bridgehead atoms. The lowest BCUT2D eigenvalue weighted by atomic mass is 10.1. The maximum atomic E-state index is 13.0. The zero-order chi connectivity index (χ0) is 21.8. The van der Waals surface area contributed by atoms with E-state index in [4.69, 9.17) is 9.57 Å². The van der Waals surface area contributed by atoms with Crippen molar-refractivity contribution in [2.45, 2.75) is 49.4 Å². The molecule has 1 aliphatic carbocycles. The quantitative estimate of drug-likeness (QED) is 0.476. The van der Waals surface area contributed by atoms with E-state index in [2.05, 4.69) is 15.5 Å². The van der Waals surface area contributed by atoms with Gasteiger partial charge in [-0.2, -0.15) is 0 Å². The van der Waals surface area contributed by atoms with Crippen LogP contribution in [0.2, 0.25) is 0 Å². The van der Waals surface area contributed by atoms with Crippen LogP contribution in [0.4, 0.5) is 5.13 Å². The highest BCUT2D eigenvalue weighted by atomic mass is 32.2. The zero-order valence-corrected chi connectivity index (χ0v) is 19.1. The Kier molecular flexibility index (Phi) is 6.94. The van der Waals surface area contributed by atoms with Crippen molar-refractivity contribution in [2.24, 2.45) is 5.16 Å². The molecule has 1 aromatic carbocycles. The van der Waals surface area contributed by atoms with Crippen molar-refractivity contribution in [1.82, 2.24) is 4.98 Å². The van der Waals surface area contributed by atoms with Gasteiger partial charge in [0.2, 0.25) is 0 Å². The summed E-state index contributed by atoms with van der Waals surface area (Å²) >= 11 is 1.39. The Bertz CT molecular complexity index is 1020. The number of carbonyl (C=O) groups excluding carboxylic acids is 1. The number of benzene rings is 1. The SMILES string of the molecule is CC(C)=Cc1cnc(NC(=O)/C(=N/O[C@@H]2CCOC2)c2ccc(S(=O)C3CC3)cc2)s1. The molecule has 7 nitrogen and oxygen atoms in total. The minimum Gasteiger partial charge on any atom is -0.389 e. The molecule has 1 saturated carbocycles. The lowest BCUT2D eigenvalue weighted by Crippen LogP contribution is -2.25. The van der Waals surface area contributed by atoms with E-state index < -0.39 is 16.7 Å². The van der Waals surface area contributed by atoms with Gasteiger partial charge in [0, 0.05) is 33.2 Å². The van der Waals surface area contributed by atoms with Gasteiger partial charge in [0.1, 0.15) is 0 Å². The zero-order valence-electron chi connectivity index (χ0n) is 17.5. The highest BCUT2D eigenvalue weighted by molar-refractivity contribution is 7.86. The molecule has 2 aliphatic rings. The number of amides is 1. The third kappa shape index (κ3) is 5.87. The minimum atomic E-state index is -0.998. The fourth-order valence-corrected chi connectivity index (χ4v) is 5.25. The molecule has 1 saturated heterocycles. The Morgan fingerprint density at radius 2 is 2.06 bits per heavy atom. The van der Waals surface area contributed by atoms with Crippen molar-refractivity contribution in [3.05, 3.63) is 46.5 Å². The molecule has 2 heterocycles. The Morgan fingerprint density at radius 1 is 1.29 bits per heavy atom. The van der Waals surface area contributed by atoms with Crippen LogP contribution in [0.15, 0.2) is 46.1 Å². The van der Waals surface area contributed by atoms with Gasteiger partial charge in [-0.3, -0.25) is 14.3 Å². The van der Waals surface area contributed by atoms with Crippen molar-refractivity contribution in [2.75, 3.05) is 18.5 Å². The number of rotatable bonds is 8. The third-order valence-electron chi connectivity index (χ3n) is 4.76. The minimum absolute atomic E-state index is 0.148. The van der Waals surface area contributed by atoms with E-state index in [1.807, 2.05) is 19.9 Å². The van der Waals surface area contributed by atoms with Crippen LogP contribution in [0.1, 0.15) is 43.6 Å². The van der Waals surface area contributed by atoms with Gasteiger partial charge in [-0.05, 0) is 44.9 Å². The summed E-state index contributed by atoms with van der Waals surface area (Å²) in [6.07, 6.45) is 6.29. The first-order valence-corrected chi connectivity index (χ1v) is 12.3. The number of allylic oxidation sites excluding steroid dienone is 1. The number of ether oxygens (including phenoxy) is 1. The highest BCUT2D eigenvalue weighted by Gasteiger charge is 2.29. The predicted molar refractivity (Wildman–Crippen MR) is 123 cm³/mol. The van der Waals surface area contributed by atoms with Gasteiger partial charge in [0.05, 0.1) is 24.0 Å². The van der Waals surface area contributed by atoms with Gasteiger partial charge in [-0.15, -0.1) is 0 Å². The second-order valence-corrected chi connectivity index (χ2v) is 10.6. The molecule has 1 aliphatic heterocycles. The molecular weight excluding hydrogens is 434 g/mol. The summed E-state index contributed by atoms with van der Waals surface area (Å²) in [5.41, 5.74) is 1.89. The molecular formula is C22H25N3O4S2. The average molecular weight is 460 g/mol. The fraction of sp³-hybridized carbons (Fsp3) is 0.409. The first kappa shape index (κ1) is 21.9. The summed E-state index contributed by atoms with van der Waals surface area (Å²) in [4.78, 5) is 24.6. The molecule has 9 heteroatoms. The number of thiazole rings is 1. The van der Waals surface area contributed by atoms with Crippen molar-refractivity contribution in [1.29, 1.82) is 0 Å². The van der Waals surface area contributed by atoms with Crippen LogP contribution in [0.3, 0.4) is 0 Å². The Labute approximate surface area is 188 Å². The van der Waals surface area contributed by atoms with Crippen LogP contribution < -0.4 is 5.32 Å². The van der Waals surface area contributed by atoms with E-state index in [0.29, 0.717) is 23.9 Å². The second-order valence-electron chi connectivity index (χ2n) is 7.80. The van der Waals surface area contributed by atoms with Crippen LogP contribution in [0.5, 0.6) is 0 Å². The van der Waals surface area contributed by atoms with Crippen LogP contribution in [-0.2, 0) is 25.2 Å². The van der Waals surface area contributed by atoms with Gasteiger partial charge in [-0.1, -0.05) is 34.2 Å². The molecule has 2 atom stereocenters. The molecule has 2 fully saturated rings. The Morgan fingerprint density at radius 3 is 2.71 bits per heavy atom. The Hall–Kier alpha value is -2.36. The van der Waals surface area contributed by atoms with Gasteiger partial charge in [0.25, 0.3) is 5.91 Å². The smallest absolute Gasteiger partial charge is 0.280 e. The number of hydrogen-bond donors (Lipinski definition) is 1. The molecule has 1 aromatic heterocycles. The van der Waals surface area contributed by atoms with Crippen molar-refractivity contribution in [3.8, 4) is 0 Å². The van der Waals surface area contributed by atoms with Crippen molar-refractivity contribution < 1.29 is 18.6 Å². The molecule has 1 amide bonds. The summed E-state index contributed by atoms with van der Waals surface area (Å²) in [5.74, 6) is -0.409. The lowest BCUT2D eigenvalue weighted by Gasteiger charge is -2.10. The molecule has 0 spiro atoms. The molecule has 2 aromatic rings. The number of carbonyl (C=O) groups is 1. The van der Waals surface area contributed by atoms with Gasteiger partial charge in [-0.25, -0.2) is 4.98 Å². The summed E-state index contributed by atoms with van der Waals surface area (Å²) in [6, 6.07) is 7.11. The summed E-state index contributed by atoms with van der Waals surface area (Å²) in [5, 5.41) is 7.72. The number of hydrogen-bond acceptors (Lipinski definition) is 7. The number of anilines is 1. The molecule has 1 N–H and O–H groups in total. The maximum absolute atomic E-state index is 13.0. The number of aromatic nitrogens is 1. The number of nitrogens with zero attached hydrogens (tertiary/aromatic N) is 2. The standard InChI is InChI=1S/C22H25N3O4S2/c1-14(2)11-17-12-23-22(30-17)24-21(26)20(25-29-16-9-10-28-13-16)15-3-5-18(6-4-15)31(27)19-7-8-19/h3-6,11-12,16,19H,7-10,13H2,1-2H3,(H,23,24,26)/b25-20+/t16-,31?/m1/s1. The van der Waals surface area contributed by atoms with Crippen LogP contribution in [0.25, 0.3) is 6.08 Å². The van der Waals surface area contributed by atoms with E-state index >= 15 is 0 Å². The van der Waals surface area contributed by atoms with Crippen molar-refractivity contribution >= 4 is 45.0 Å². The normalized spacial score (nSPS) is 19.7. The van der Waals surface area contributed by atoms with E-state index in [0.717, 1.165) is 34.6 Å². The number of nitrogens with one attached hydrogen (secondary N) is 1. The monoisotopic (exact) mass is 459 g/mol. The van der Waals surface area contributed by atoms with Gasteiger partial charge < -0.3 is 9.57 Å². The molecule has 164 valence electrons. The van der Waals surface area contributed by atoms with E-state index in [1.165, 1.54) is 11.3 Å². The maximum Gasteiger partial charge on any atom is 0.280 e. The largest absolute Gasteiger partial charge is 0.389 e. The predicted octanol–water partition coefficient (Wildman–Crippen LogP) is 3.98. The molecule has 31 heavy (non-hydrogen) atoms. The van der Waals surface area contributed by atoms with Gasteiger partial charge in [0.15, 0.2) is 16.9 Å². The highest BCUT2D eigenvalue weighted by Crippen LogP contribution is 2.30. The fourth-order valence-electron chi connectivity index (χ4n) is 3.02. The van der Waals surface area contributed by atoms with E-state index in [1.54, 1.807) is 30.5 Å². The third-order valence-corrected chi connectivity index (χ3v) is 7.43. The topological polar surface area (TPSA) is 89.9 Å². The van der Waals surface area contributed by atoms with Crippen LogP contribution in [-0.4, -0.2) is 45.4 Å².